The lowest BCUT2D eigenvalue weighted by Gasteiger charge is -2.11. The van der Waals surface area contributed by atoms with Crippen LogP contribution < -0.4 is 9.47 Å². The fourth-order valence-corrected chi connectivity index (χ4v) is 2.83. The number of hydrogen-bond acceptors (Lipinski definition) is 5. The summed E-state index contributed by atoms with van der Waals surface area (Å²) in [4.78, 5) is 11.2. The van der Waals surface area contributed by atoms with Crippen molar-refractivity contribution in [3.63, 3.8) is 0 Å². The SMILES string of the molecule is COc1c(OCCCCl)ccc(/C=C/c2n[nH]c3ccccc23)c1[N+](=O)[O-]. The highest BCUT2D eigenvalue weighted by atomic mass is 35.5. The number of ether oxygens (including phenoxy) is 2. The van der Waals surface area contributed by atoms with E-state index in [1.807, 2.05) is 24.3 Å². The molecule has 0 atom stereocenters. The molecule has 0 aliphatic carbocycles. The maximum Gasteiger partial charge on any atom is 0.322 e. The predicted octanol–water partition coefficient (Wildman–Crippen LogP) is 4.66. The number of benzene rings is 2. The largest absolute Gasteiger partial charge is 0.489 e. The number of para-hydroxylation sites is 1. The standard InChI is InChI=1S/C19H18ClN3O4/c1-26-19-17(27-12-4-11-20)10-8-13(18(19)23(24)25)7-9-16-14-5-2-3-6-15(14)21-22-16/h2-3,5-10H,4,11-12H2,1H3,(H,21,22)/b9-7+. The number of nitrogens with zero attached hydrogens (tertiary/aromatic N) is 2. The van der Waals surface area contributed by atoms with Gasteiger partial charge < -0.3 is 9.47 Å². The van der Waals surface area contributed by atoms with E-state index in [0.717, 1.165) is 10.9 Å². The highest BCUT2D eigenvalue weighted by Gasteiger charge is 2.24. The zero-order valence-electron chi connectivity index (χ0n) is 14.6. The van der Waals surface area contributed by atoms with Crippen molar-refractivity contribution >= 4 is 40.3 Å². The highest BCUT2D eigenvalue weighted by Crippen LogP contribution is 2.40. The summed E-state index contributed by atoms with van der Waals surface area (Å²) in [5.41, 5.74) is 1.83. The van der Waals surface area contributed by atoms with E-state index in [1.54, 1.807) is 24.3 Å². The normalized spacial score (nSPS) is 11.2. The van der Waals surface area contributed by atoms with Gasteiger partial charge in [0.05, 0.1) is 35.4 Å². The van der Waals surface area contributed by atoms with Gasteiger partial charge in [-0.1, -0.05) is 18.2 Å². The number of fused-ring (bicyclic) bond motifs is 1. The first-order chi connectivity index (χ1) is 13.2. The lowest BCUT2D eigenvalue weighted by molar-refractivity contribution is -0.386. The number of methoxy groups -OCH3 is 1. The van der Waals surface area contributed by atoms with E-state index in [4.69, 9.17) is 21.1 Å². The van der Waals surface area contributed by atoms with Crippen LogP contribution in [0.3, 0.4) is 0 Å². The van der Waals surface area contributed by atoms with Crippen LogP contribution in [-0.4, -0.2) is 34.7 Å². The summed E-state index contributed by atoms with van der Waals surface area (Å²) < 4.78 is 10.8. The topological polar surface area (TPSA) is 90.3 Å². The van der Waals surface area contributed by atoms with Crippen molar-refractivity contribution in [1.29, 1.82) is 0 Å². The predicted molar refractivity (Wildman–Crippen MR) is 106 cm³/mol. The third-order valence-corrected chi connectivity index (χ3v) is 4.24. The summed E-state index contributed by atoms with van der Waals surface area (Å²) in [7, 11) is 1.38. The van der Waals surface area contributed by atoms with Crippen LogP contribution in [0.1, 0.15) is 17.7 Å². The number of aromatic amines is 1. The van der Waals surface area contributed by atoms with E-state index in [1.165, 1.54) is 7.11 Å². The fraction of sp³-hybridized carbons (Fsp3) is 0.211. The van der Waals surface area contributed by atoms with Crippen LogP contribution in [0, 0.1) is 10.1 Å². The number of nitro groups is 1. The lowest BCUT2D eigenvalue weighted by atomic mass is 10.1. The summed E-state index contributed by atoms with van der Waals surface area (Å²) in [5.74, 6) is 0.850. The van der Waals surface area contributed by atoms with Gasteiger partial charge in [0.25, 0.3) is 0 Å². The molecule has 2 aromatic carbocycles. The third-order valence-electron chi connectivity index (χ3n) is 3.97. The van der Waals surface area contributed by atoms with Crippen molar-refractivity contribution in [2.24, 2.45) is 0 Å². The summed E-state index contributed by atoms with van der Waals surface area (Å²) >= 11 is 5.64. The Balaban J connectivity index is 1.98. The minimum absolute atomic E-state index is 0.0867. The van der Waals surface area contributed by atoms with Crippen LogP contribution in [0.25, 0.3) is 23.1 Å². The number of halogens is 1. The smallest absolute Gasteiger partial charge is 0.322 e. The molecule has 0 saturated carbocycles. The van der Waals surface area contributed by atoms with Crippen molar-refractivity contribution in [1.82, 2.24) is 10.2 Å². The Kier molecular flexibility index (Phi) is 5.93. The Labute approximate surface area is 160 Å². The lowest BCUT2D eigenvalue weighted by Crippen LogP contribution is -2.03. The maximum atomic E-state index is 11.7. The first-order valence-electron chi connectivity index (χ1n) is 8.31. The average molecular weight is 388 g/mol. The maximum absolute atomic E-state index is 11.7. The van der Waals surface area contributed by atoms with Crippen LogP contribution in [0.15, 0.2) is 36.4 Å². The monoisotopic (exact) mass is 387 g/mol. The molecule has 0 bridgehead atoms. The minimum atomic E-state index is -0.477. The molecule has 0 aliphatic heterocycles. The van der Waals surface area contributed by atoms with Crippen molar-refractivity contribution in [2.75, 3.05) is 19.6 Å². The summed E-state index contributed by atoms with van der Waals surface area (Å²) in [6.07, 6.45) is 4.01. The molecule has 0 radical (unpaired) electrons. The molecule has 0 aliphatic rings. The van der Waals surface area contributed by atoms with Crippen LogP contribution in [-0.2, 0) is 0 Å². The van der Waals surface area contributed by atoms with Gasteiger partial charge in [-0.05, 0) is 36.8 Å². The van der Waals surface area contributed by atoms with Gasteiger partial charge >= 0.3 is 5.69 Å². The quantitative estimate of drug-likeness (QED) is 0.263. The number of aromatic nitrogens is 2. The molecule has 27 heavy (non-hydrogen) atoms. The van der Waals surface area contributed by atoms with Gasteiger partial charge in [-0.15, -0.1) is 11.6 Å². The number of alkyl halides is 1. The first kappa shape index (κ1) is 18.7. The molecule has 7 nitrogen and oxygen atoms in total. The molecule has 3 rings (SSSR count). The Morgan fingerprint density at radius 1 is 1.26 bits per heavy atom. The molecule has 1 heterocycles. The zero-order valence-corrected chi connectivity index (χ0v) is 15.4. The molecule has 1 N–H and O–H groups in total. The molecule has 1 aromatic heterocycles. The molecule has 0 saturated heterocycles. The van der Waals surface area contributed by atoms with Crippen LogP contribution >= 0.6 is 11.6 Å². The first-order valence-corrected chi connectivity index (χ1v) is 8.84. The molecule has 0 fully saturated rings. The van der Waals surface area contributed by atoms with Gasteiger partial charge in [0.15, 0.2) is 5.75 Å². The number of H-pyrrole nitrogens is 1. The summed E-state index contributed by atoms with van der Waals surface area (Å²) in [6.45, 7) is 0.353. The van der Waals surface area contributed by atoms with Gasteiger partial charge in [-0.3, -0.25) is 15.2 Å². The number of hydrogen-bond donors (Lipinski definition) is 1. The van der Waals surface area contributed by atoms with E-state index < -0.39 is 4.92 Å². The van der Waals surface area contributed by atoms with Crippen molar-refractivity contribution in [3.8, 4) is 11.5 Å². The molecule has 0 unspecified atom stereocenters. The van der Waals surface area contributed by atoms with Gasteiger partial charge in [0.1, 0.15) is 0 Å². The second-order valence-corrected chi connectivity index (χ2v) is 6.05. The van der Waals surface area contributed by atoms with Gasteiger partial charge in [-0.25, -0.2) is 0 Å². The van der Waals surface area contributed by atoms with Crippen LogP contribution in [0.5, 0.6) is 11.5 Å². The molecular formula is C19H18ClN3O4. The Hall–Kier alpha value is -3.06. The van der Waals surface area contributed by atoms with Crippen molar-refractivity contribution < 1.29 is 14.4 Å². The van der Waals surface area contributed by atoms with Crippen molar-refractivity contribution in [2.45, 2.75) is 6.42 Å². The van der Waals surface area contributed by atoms with Gasteiger partial charge in [0.2, 0.25) is 5.75 Å². The molecule has 8 heteroatoms. The number of nitrogens with one attached hydrogen (secondary N) is 1. The molecule has 0 amide bonds. The molecular weight excluding hydrogens is 370 g/mol. The van der Waals surface area contributed by atoms with Crippen LogP contribution in [0.2, 0.25) is 0 Å². The Morgan fingerprint density at radius 2 is 2.07 bits per heavy atom. The summed E-state index contributed by atoms with van der Waals surface area (Å²) in [5, 5.41) is 19.8. The third kappa shape index (κ3) is 4.03. The van der Waals surface area contributed by atoms with Crippen LogP contribution in [0.4, 0.5) is 5.69 Å². The fourth-order valence-electron chi connectivity index (χ4n) is 2.72. The van der Waals surface area contributed by atoms with E-state index >= 15 is 0 Å². The Morgan fingerprint density at radius 3 is 2.81 bits per heavy atom. The minimum Gasteiger partial charge on any atom is -0.489 e. The average Bonchev–Trinajstić information content (AvgIpc) is 3.09. The van der Waals surface area contributed by atoms with Gasteiger partial charge in [-0.2, -0.15) is 5.10 Å². The van der Waals surface area contributed by atoms with E-state index in [0.29, 0.717) is 35.9 Å². The second-order valence-electron chi connectivity index (χ2n) is 5.67. The van der Waals surface area contributed by atoms with Crippen molar-refractivity contribution in [3.05, 3.63) is 57.8 Å². The van der Waals surface area contributed by atoms with E-state index in [-0.39, 0.29) is 11.4 Å². The molecule has 140 valence electrons. The number of rotatable bonds is 8. The zero-order chi connectivity index (χ0) is 19.2. The Bertz CT molecular complexity index is 984. The van der Waals surface area contributed by atoms with Gasteiger partial charge in [0, 0.05) is 11.3 Å². The molecule has 3 aromatic rings. The molecule has 0 spiro atoms. The summed E-state index contributed by atoms with van der Waals surface area (Å²) in [6, 6.07) is 10.9. The second kappa shape index (κ2) is 8.55. The van der Waals surface area contributed by atoms with E-state index in [9.17, 15) is 10.1 Å². The number of nitro benzene ring substituents is 1. The highest BCUT2D eigenvalue weighted by molar-refractivity contribution is 6.17. The van der Waals surface area contributed by atoms with E-state index in [2.05, 4.69) is 10.2 Å².